The molecular weight excluding hydrogens is 463 g/mol. The third-order valence-corrected chi connectivity index (χ3v) is 5.85. The Bertz CT molecular complexity index is 1200. The average Bonchev–Trinajstić information content (AvgIpc) is 3.19. The van der Waals surface area contributed by atoms with E-state index >= 15 is 0 Å². The van der Waals surface area contributed by atoms with Gasteiger partial charge in [0.25, 0.3) is 0 Å². The second-order valence-corrected chi connectivity index (χ2v) is 8.35. The maximum absolute atomic E-state index is 13.4. The molecule has 2 heterocycles. The number of rotatable bonds is 8. The highest BCUT2D eigenvalue weighted by Crippen LogP contribution is 2.25. The van der Waals surface area contributed by atoms with Gasteiger partial charge in [0, 0.05) is 30.3 Å². The van der Waals surface area contributed by atoms with Crippen LogP contribution in [0.2, 0.25) is 0 Å². The number of aromatic nitrogens is 3. The molecule has 4 rings (SSSR count). The molecule has 4 amide bonds. The predicted molar refractivity (Wildman–Crippen MR) is 122 cm³/mol. The average molecular weight is 485 g/mol. The Kier molecular flexibility index (Phi) is 7.07. The molecule has 176 valence electrons. The van der Waals surface area contributed by atoms with Gasteiger partial charge in [-0.2, -0.15) is 0 Å². The highest BCUT2D eigenvalue weighted by molar-refractivity contribution is 7.99. The van der Waals surface area contributed by atoms with Crippen molar-refractivity contribution < 1.29 is 23.5 Å². The summed E-state index contributed by atoms with van der Waals surface area (Å²) in [6, 6.07) is 11.8. The number of imide groups is 1. The Morgan fingerprint density at radius 1 is 1.24 bits per heavy atom. The van der Waals surface area contributed by atoms with Gasteiger partial charge in [0.15, 0.2) is 5.16 Å². The predicted octanol–water partition coefficient (Wildman–Crippen LogP) is 2.29. The summed E-state index contributed by atoms with van der Waals surface area (Å²) in [5, 5.41) is 16.5. The van der Waals surface area contributed by atoms with Crippen LogP contribution in [0.25, 0.3) is 5.69 Å². The number of hydrogen-bond acceptors (Lipinski definition) is 7. The minimum atomic E-state index is -0.555. The fourth-order valence-electron chi connectivity index (χ4n) is 3.43. The first-order chi connectivity index (χ1) is 16.4. The Morgan fingerprint density at radius 3 is 2.74 bits per heavy atom. The van der Waals surface area contributed by atoms with E-state index in [2.05, 4.69) is 26.1 Å². The van der Waals surface area contributed by atoms with Crippen molar-refractivity contribution in [3.8, 4) is 11.4 Å². The Hall–Kier alpha value is -3.93. The van der Waals surface area contributed by atoms with Crippen molar-refractivity contribution in [1.29, 1.82) is 0 Å². The number of carbonyl (C=O) groups excluding carboxylic acids is 3. The van der Waals surface area contributed by atoms with Crippen LogP contribution >= 0.6 is 11.8 Å². The van der Waals surface area contributed by atoms with Crippen molar-refractivity contribution in [2.24, 2.45) is 0 Å². The Morgan fingerprint density at radius 2 is 2.03 bits per heavy atom. The highest BCUT2D eigenvalue weighted by atomic mass is 32.2. The van der Waals surface area contributed by atoms with Gasteiger partial charge >= 0.3 is 6.03 Å². The van der Waals surface area contributed by atoms with E-state index in [0.717, 1.165) is 17.4 Å². The summed E-state index contributed by atoms with van der Waals surface area (Å²) < 4.78 is 20.3. The van der Waals surface area contributed by atoms with Gasteiger partial charge in [-0.05, 0) is 42.5 Å². The summed E-state index contributed by atoms with van der Waals surface area (Å²) in [6.45, 7) is 0. The molecule has 2 aromatic carbocycles. The molecule has 1 unspecified atom stereocenters. The molecule has 3 aromatic rings. The molecule has 1 aliphatic heterocycles. The number of urea groups is 1. The van der Waals surface area contributed by atoms with Gasteiger partial charge in [-0.25, -0.2) is 9.18 Å². The van der Waals surface area contributed by atoms with Crippen molar-refractivity contribution in [1.82, 2.24) is 25.4 Å². The van der Waals surface area contributed by atoms with Gasteiger partial charge in [-0.1, -0.05) is 17.8 Å². The standard InChI is InChI=1S/C22H21FN6O4S/c1-33-17-7-5-16(6-8-17)29-18(10-15-11-19(30)26-21(32)25-15)27-28-22(29)34-12-20(31)24-14-4-2-3-13(23)9-14/h2-9,15H,10-12H2,1H3,(H,24,31)(H2,25,26,30,32). The zero-order chi connectivity index (χ0) is 24.1. The topological polar surface area (TPSA) is 127 Å². The van der Waals surface area contributed by atoms with Crippen molar-refractivity contribution in [2.45, 2.75) is 24.0 Å². The lowest BCUT2D eigenvalue weighted by atomic mass is 10.1. The maximum atomic E-state index is 13.4. The molecule has 0 saturated carbocycles. The first-order valence-electron chi connectivity index (χ1n) is 10.3. The lowest BCUT2D eigenvalue weighted by Crippen LogP contribution is -2.53. The van der Waals surface area contributed by atoms with Crippen LogP contribution in [0.1, 0.15) is 12.2 Å². The summed E-state index contributed by atoms with van der Waals surface area (Å²) in [5.41, 5.74) is 1.08. The van der Waals surface area contributed by atoms with E-state index in [1.807, 2.05) is 12.1 Å². The van der Waals surface area contributed by atoms with Crippen LogP contribution in [-0.2, 0) is 16.0 Å². The number of ether oxygens (including phenoxy) is 1. The molecule has 1 saturated heterocycles. The zero-order valence-electron chi connectivity index (χ0n) is 18.1. The quantitative estimate of drug-likeness (QED) is 0.419. The molecule has 0 radical (unpaired) electrons. The lowest BCUT2D eigenvalue weighted by molar-refractivity contribution is -0.121. The van der Waals surface area contributed by atoms with Crippen molar-refractivity contribution in [3.05, 3.63) is 60.2 Å². The highest BCUT2D eigenvalue weighted by Gasteiger charge is 2.27. The lowest BCUT2D eigenvalue weighted by Gasteiger charge is -2.23. The molecule has 34 heavy (non-hydrogen) atoms. The van der Waals surface area contributed by atoms with E-state index in [1.165, 1.54) is 18.2 Å². The minimum Gasteiger partial charge on any atom is -0.497 e. The summed E-state index contributed by atoms with van der Waals surface area (Å²) in [4.78, 5) is 35.8. The van der Waals surface area contributed by atoms with Gasteiger partial charge in [0.2, 0.25) is 11.8 Å². The summed E-state index contributed by atoms with van der Waals surface area (Å²) in [6.07, 6.45) is 0.369. The number of nitrogens with one attached hydrogen (secondary N) is 3. The number of thioether (sulfide) groups is 1. The van der Waals surface area contributed by atoms with Crippen molar-refractivity contribution in [3.63, 3.8) is 0 Å². The Balaban J connectivity index is 1.54. The zero-order valence-corrected chi connectivity index (χ0v) is 18.9. The molecule has 1 atom stereocenters. The number of nitrogens with zero attached hydrogens (tertiary/aromatic N) is 3. The van der Waals surface area contributed by atoms with Crippen molar-refractivity contribution >= 4 is 35.3 Å². The van der Waals surface area contributed by atoms with Gasteiger partial charge in [-0.3, -0.25) is 19.5 Å². The van der Waals surface area contributed by atoms with Gasteiger partial charge in [0.1, 0.15) is 17.4 Å². The van der Waals surface area contributed by atoms with E-state index in [-0.39, 0.29) is 30.4 Å². The molecule has 0 aliphatic carbocycles. The largest absolute Gasteiger partial charge is 0.497 e. The van der Waals surface area contributed by atoms with Gasteiger partial charge in [-0.15, -0.1) is 10.2 Å². The SMILES string of the molecule is COc1ccc(-n2c(CC3CC(=O)NC(=O)N3)nnc2SCC(=O)Nc2cccc(F)c2)cc1. The number of carbonyl (C=O) groups is 3. The molecule has 12 heteroatoms. The first-order valence-corrected chi connectivity index (χ1v) is 11.3. The molecule has 10 nitrogen and oxygen atoms in total. The van der Waals surface area contributed by atoms with E-state index in [0.29, 0.717) is 22.4 Å². The summed E-state index contributed by atoms with van der Waals surface area (Å²) >= 11 is 1.15. The van der Waals surface area contributed by atoms with Crippen LogP contribution in [0, 0.1) is 5.82 Å². The number of methoxy groups -OCH3 is 1. The van der Waals surface area contributed by atoms with Crippen LogP contribution in [0.5, 0.6) is 5.75 Å². The van der Waals surface area contributed by atoms with Crippen LogP contribution in [-0.4, -0.2) is 51.5 Å². The van der Waals surface area contributed by atoms with Crippen LogP contribution < -0.4 is 20.7 Å². The van der Waals surface area contributed by atoms with E-state index in [4.69, 9.17) is 4.74 Å². The fraction of sp³-hybridized carbons (Fsp3) is 0.227. The first kappa shape index (κ1) is 23.2. The summed E-state index contributed by atoms with van der Waals surface area (Å²) in [5.74, 6) is 0.0349. The molecule has 0 spiro atoms. The van der Waals surface area contributed by atoms with Crippen LogP contribution in [0.3, 0.4) is 0 Å². The van der Waals surface area contributed by atoms with Crippen LogP contribution in [0.4, 0.5) is 14.9 Å². The minimum absolute atomic E-state index is 0.00731. The number of anilines is 1. The number of benzene rings is 2. The van der Waals surface area contributed by atoms with Crippen LogP contribution in [0.15, 0.2) is 53.7 Å². The van der Waals surface area contributed by atoms with E-state index in [9.17, 15) is 18.8 Å². The molecule has 1 fully saturated rings. The second-order valence-electron chi connectivity index (χ2n) is 7.41. The number of halogens is 1. The third-order valence-electron chi connectivity index (χ3n) is 4.92. The monoisotopic (exact) mass is 484 g/mol. The summed E-state index contributed by atoms with van der Waals surface area (Å²) in [7, 11) is 1.56. The fourth-order valence-corrected chi connectivity index (χ4v) is 4.20. The Labute approximate surface area is 198 Å². The smallest absolute Gasteiger partial charge is 0.321 e. The van der Waals surface area contributed by atoms with Crippen molar-refractivity contribution in [2.75, 3.05) is 18.2 Å². The van der Waals surface area contributed by atoms with Gasteiger partial charge in [0.05, 0.1) is 12.9 Å². The second kappa shape index (κ2) is 10.3. The number of amides is 4. The van der Waals surface area contributed by atoms with Gasteiger partial charge < -0.3 is 15.4 Å². The molecule has 1 aliphatic rings. The third kappa shape index (κ3) is 5.70. The molecule has 1 aromatic heterocycles. The normalized spacial score (nSPS) is 15.4. The maximum Gasteiger partial charge on any atom is 0.321 e. The molecular formula is C22H21FN6O4S. The molecule has 3 N–H and O–H groups in total. The van der Waals surface area contributed by atoms with E-state index in [1.54, 1.807) is 29.9 Å². The molecule has 0 bridgehead atoms. The number of hydrogen-bond donors (Lipinski definition) is 3. The van der Waals surface area contributed by atoms with E-state index < -0.39 is 17.9 Å².